The molecular weight excluding hydrogens is 250 g/mol. The minimum absolute atomic E-state index is 0.396. The standard InChI is InChI=1S/C14H24ClNS/c1-10(2)6-5-7-11(3)16-12(4)13-8-14(15)17-9-13/h8-12,16H,5-7H2,1-4H3. The summed E-state index contributed by atoms with van der Waals surface area (Å²) in [4.78, 5) is 0. The third kappa shape index (κ3) is 5.89. The Kier molecular flexibility index (Phi) is 6.53. The van der Waals surface area contributed by atoms with Gasteiger partial charge in [0.1, 0.15) is 0 Å². The maximum absolute atomic E-state index is 5.95. The number of rotatable bonds is 7. The fourth-order valence-electron chi connectivity index (χ4n) is 1.99. The molecule has 0 radical (unpaired) electrons. The van der Waals surface area contributed by atoms with Crippen molar-refractivity contribution in [3.63, 3.8) is 0 Å². The highest BCUT2D eigenvalue weighted by Gasteiger charge is 2.10. The smallest absolute Gasteiger partial charge is 0.0931 e. The highest BCUT2D eigenvalue weighted by molar-refractivity contribution is 7.14. The first-order valence-corrected chi connectivity index (χ1v) is 7.74. The number of hydrogen-bond acceptors (Lipinski definition) is 2. The van der Waals surface area contributed by atoms with Crippen LogP contribution >= 0.6 is 22.9 Å². The molecule has 1 rings (SSSR count). The quantitative estimate of drug-likeness (QED) is 0.714. The van der Waals surface area contributed by atoms with E-state index in [9.17, 15) is 0 Å². The summed E-state index contributed by atoms with van der Waals surface area (Å²) >= 11 is 7.56. The van der Waals surface area contributed by atoms with Crippen LogP contribution in [-0.4, -0.2) is 6.04 Å². The molecule has 1 aromatic rings. The fourth-order valence-corrected chi connectivity index (χ4v) is 2.97. The molecule has 0 aromatic carbocycles. The monoisotopic (exact) mass is 273 g/mol. The molecule has 1 heterocycles. The maximum Gasteiger partial charge on any atom is 0.0931 e. The van der Waals surface area contributed by atoms with Crippen LogP contribution in [0.25, 0.3) is 0 Å². The lowest BCUT2D eigenvalue weighted by Gasteiger charge is -2.19. The van der Waals surface area contributed by atoms with Crippen LogP contribution in [0.4, 0.5) is 0 Å². The summed E-state index contributed by atoms with van der Waals surface area (Å²) in [5.41, 5.74) is 1.30. The summed E-state index contributed by atoms with van der Waals surface area (Å²) in [6, 6.07) is 3.03. The van der Waals surface area contributed by atoms with Gasteiger partial charge in [0.2, 0.25) is 0 Å². The molecule has 1 N–H and O–H groups in total. The molecule has 0 bridgehead atoms. The molecule has 17 heavy (non-hydrogen) atoms. The van der Waals surface area contributed by atoms with Crippen LogP contribution in [0.15, 0.2) is 11.4 Å². The van der Waals surface area contributed by atoms with Gasteiger partial charge in [-0.25, -0.2) is 0 Å². The second kappa shape index (κ2) is 7.40. The van der Waals surface area contributed by atoms with Gasteiger partial charge in [0.15, 0.2) is 0 Å². The van der Waals surface area contributed by atoms with Gasteiger partial charge in [0.05, 0.1) is 4.34 Å². The van der Waals surface area contributed by atoms with Crippen molar-refractivity contribution in [2.75, 3.05) is 0 Å². The molecule has 1 nitrogen and oxygen atoms in total. The first-order chi connectivity index (χ1) is 7.99. The van der Waals surface area contributed by atoms with E-state index in [1.807, 2.05) is 0 Å². The maximum atomic E-state index is 5.95. The summed E-state index contributed by atoms with van der Waals surface area (Å²) in [5, 5.41) is 5.77. The Hall–Kier alpha value is -0.0500. The molecule has 2 unspecified atom stereocenters. The van der Waals surface area contributed by atoms with Crippen molar-refractivity contribution in [3.8, 4) is 0 Å². The van der Waals surface area contributed by atoms with Crippen molar-refractivity contribution >= 4 is 22.9 Å². The third-order valence-electron chi connectivity index (χ3n) is 3.04. The van der Waals surface area contributed by atoms with E-state index in [-0.39, 0.29) is 0 Å². The summed E-state index contributed by atoms with van der Waals surface area (Å²) in [6.07, 6.45) is 3.88. The lowest BCUT2D eigenvalue weighted by molar-refractivity contribution is 0.424. The lowest BCUT2D eigenvalue weighted by atomic mass is 10.0. The van der Waals surface area contributed by atoms with Crippen LogP contribution in [0.5, 0.6) is 0 Å². The van der Waals surface area contributed by atoms with Crippen LogP contribution in [-0.2, 0) is 0 Å². The third-order valence-corrected chi connectivity index (χ3v) is 4.15. The van der Waals surface area contributed by atoms with E-state index in [2.05, 4.69) is 44.5 Å². The molecule has 0 aliphatic rings. The normalized spacial score (nSPS) is 15.2. The zero-order valence-corrected chi connectivity index (χ0v) is 12.9. The molecule has 0 aliphatic carbocycles. The lowest BCUT2D eigenvalue weighted by Crippen LogP contribution is -2.28. The van der Waals surface area contributed by atoms with Crippen LogP contribution in [0.2, 0.25) is 4.34 Å². The minimum atomic E-state index is 0.396. The average molecular weight is 274 g/mol. The van der Waals surface area contributed by atoms with Gasteiger partial charge in [-0.2, -0.15) is 0 Å². The highest BCUT2D eigenvalue weighted by atomic mass is 35.5. The zero-order valence-electron chi connectivity index (χ0n) is 11.3. The molecule has 2 atom stereocenters. The summed E-state index contributed by atoms with van der Waals surface area (Å²) < 4.78 is 0.876. The molecule has 0 aliphatic heterocycles. The Bertz CT molecular complexity index is 322. The van der Waals surface area contributed by atoms with E-state index in [0.717, 1.165) is 10.3 Å². The molecule has 3 heteroatoms. The van der Waals surface area contributed by atoms with Gasteiger partial charge in [0, 0.05) is 12.1 Å². The van der Waals surface area contributed by atoms with Crippen LogP contribution in [0.3, 0.4) is 0 Å². The topological polar surface area (TPSA) is 12.0 Å². The van der Waals surface area contributed by atoms with Crippen molar-refractivity contribution in [1.29, 1.82) is 0 Å². The van der Waals surface area contributed by atoms with Crippen molar-refractivity contribution in [2.24, 2.45) is 5.92 Å². The number of thiophene rings is 1. The van der Waals surface area contributed by atoms with Gasteiger partial charge in [0.25, 0.3) is 0 Å². The van der Waals surface area contributed by atoms with E-state index in [1.165, 1.54) is 24.8 Å². The van der Waals surface area contributed by atoms with Crippen molar-refractivity contribution in [3.05, 3.63) is 21.3 Å². The van der Waals surface area contributed by atoms with Crippen LogP contribution in [0.1, 0.15) is 58.6 Å². The van der Waals surface area contributed by atoms with Crippen LogP contribution in [0, 0.1) is 5.92 Å². The number of nitrogens with one attached hydrogen (secondary N) is 1. The number of hydrogen-bond donors (Lipinski definition) is 1. The van der Waals surface area contributed by atoms with Gasteiger partial charge in [-0.05, 0) is 43.2 Å². The summed E-state index contributed by atoms with van der Waals surface area (Å²) in [6.45, 7) is 9.05. The van der Waals surface area contributed by atoms with E-state index < -0.39 is 0 Å². The van der Waals surface area contributed by atoms with Crippen molar-refractivity contribution in [1.82, 2.24) is 5.32 Å². The van der Waals surface area contributed by atoms with Crippen molar-refractivity contribution < 1.29 is 0 Å². The Balaban J connectivity index is 2.28. The molecule has 0 fully saturated rings. The fraction of sp³-hybridized carbons (Fsp3) is 0.714. The van der Waals surface area contributed by atoms with E-state index in [1.54, 1.807) is 11.3 Å². The molecule has 0 saturated carbocycles. The predicted molar refractivity (Wildman–Crippen MR) is 79.0 cm³/mol. The predicted octanol–water partition coefficient (Wildman–Crippen LogP) is 5.27. The highest BCUT2D eigenvalue weighted by Crippen LogP contribution is 2.25. The van der Waals surface area contributed by atoms with Gasteiger partial charge in [-0.1, -0.05) is 38.3 Å². The number of halogens is 1. The van der Waals surface area contributed by atoms with Gasteiger partial charge >= 0.3 is 0 Å². The molecule has 0 amide bonds. The summed E-state index contributed by atoms with van der Waals surface area (Å²) in [7, 11) is 0. The van der Waals surface area contributed by atoms with Gasteiger partial charge < -0.3 is 5.32 Å². The SMILES string of the molecule is CC(C)CCCC(C)NC(C)c1csc(Cl)c1. The average Bonchev–Trinajstić information content (AvgIpc) is 2.64. The molecule has 1 aromatic heterocycles. The van der Waals surface area contributed by atoms with Gasteiger partial charge in [-0.3, -0.25) is 0 Å². The van der Waals surface area contributed by atoms with Crippen molar-refractivity contribution in [2.45, 2.75) is 59.0 Å². The molecular formula is C14H24ClNS. The Morgan fingerprint density at radius 2 is 1.94 bits per heavy atom. The Labute approximate surface area is 115 Å². The summed E-state index contributed by atoms with van der Waals surface area (Å²) in [5.74, 6) is 0.815. The minimum Gasteiger partial charge on any atom is -0.308 e. The second-order valence-corrected chi connectivity index (χ2v) is 6.84. The molecule has 0 saturated heterocycles. The Morgan fingerprint density at radius 3 is 2.47 bits per heavy atom. The first kappa shape index (κ1) is 15.0. The Morgan fingerprint density at radius 1 is 1.24 bits per heavy atom. The molecule has 98 valence electrons. The van der Waals surface area contributed by atoms with E-state index >= 15 is 0 Å². The van der Waals surface area contributed by atoms with Crippen LogP contribution < -0.4 is 5.32 Å². The van der Waals surface area contributed by atoms with Gasteiger partial charge in [-0.15, -0.1) is 11.3 Å². The zero-order chi connectivity index (χ0) is 12.8. The second-order valence-electron chi connectivity index (χ2n) is 5.30. The molecule has 0 spiro atoms. The first-order valence-electron chi connectivity index (χ1n) is 6.49. The largest absolute Gasteiger partial charge is 0.308 e. The van der Waals surface area contributed by atoms with E-state index in [4.69, 9.17) is 11.6 Å². The van der Waals surface area contributed by atoms with E-state index in [0.29, 0.717) is 12.1 Å².